The Balaban J connectivity index is -0.000000100. The number of nitrogens with two attached hydrogens (primary N) is 2. The molecule has 0 aromatic heterocycles. The van der Waals surface area contributed by atoms with Gasteiger partial charge in [-0.1, -0.05) is 0 Å². The summed E-state index contributed by atoms with van der Waals surface area (Å²) in [6.07, 6.45) is 8.43. The Hall–Kier alpha value is -1.71. The van der Waals surface area contributed by atoms with E-state index in [1.165, 1.54) is 91.6 Å². The maximum Gasteiger partial charge on any atom is 0.300 e. The average molecular weight is 436 g/mol. The number of nitrogens with zero attached hydrogens (tertiary/aromatic N) is 2. The second kappa shape index (κ2) is 24.3. The summed E-state index contributed by atoms with van der Waals surface area (Å²) in [7, 11) is 4.35. The third-order valence-electron chi connectivity index (χ3n) is 3.62. The molecule has 3 fully saturated rings. The molecule has 0 aromatic carbocycles. The highest BCUT2D eigenvalue weighted by Crippen LogP contribution is 2.02. The zero-order chi connectivity index (χ0) is 28.5. The molecule has 0 atom stereocenters. The van der Waals surface area contributed by atoms with Crippen LogP contribution in [0.3, 0.4) is 0 Å². The van der Waals surface area contributed by atoms with Crippen molar-refractivity contribution in [2.75, 3.05) is 53.4 Å². The number of carbonyl (C=O) groups is 3. The topological polar surface area (TPSA) is 142 Å². The molecule has 0 spiro atoms. The van der Waals surface area contributed by atoms with Crippen molar-refractivity contribution < 1.29 is 28.3 Å². The number of amides is 2. The molecular weight excluding hydrogens is 374 g/mol. The van der Waals surface area contributed by atoms with Crippen LogP contribution >= 0.6 is 0 Å². The van der Waals surface area contributed by atoms with E-state index in [1.807, 2.05) is 0 Å². The number of primary amides is 2. The van der Waals surface area contributed by atoms with E-state index in [4.69, 9.17) is 18.7 Å². The van der Waals surface area contributed by atoms with Crippen molar-refractivity contribution in [3.05, 3.63) is 0 Å². The number of hydrogen-bond acceptors (Lipinski definition) is 6. The molecule has 29 heavy (non-hydrogen) atoms. The van der Waals surface area contributed by atoms with Crippen molar-refractivity contribution in [2.24, 2.45) is 11.5 Å². The van der Waals surface area contributed by atoms with Gasteiger partial charge < -0.3 is 31.7 Å². The quantitative estimate of drug-likeness (QED) is 0.450. The first-order chi connectivity index (χ1) is 16.6. The minimum atomic E-state index is -0.833. The number of carboxylic acids is 1. The van der Waals surface area contributed by atoms with Crippen LogP contribution in [0.2, 0.25) is 2.82 Å². The summed E-state index contributed by atoms with van der Waals surface area (Å²) in [5, 5.41) is 10.6. The van der Waals surface area contributed by atoms with Crippen LogP contribution < -0.4 is 16.8 Å². The summed E-state index contributed by atoms with van der Waals surface area (Å²) in [4.78, 5) is 32.8. The van der Waals surface area contributed by atoms with Gasteiger partial charge in [-0.3, -0.25) is 14.4 Å². The van der Waals surface area contributed by atoms with Crippen molar-refractivity contribution in [3.8, 4) is 0 Å². The Labute approximate surface area is 186 Å². The minimum Gasteiger partial charge on any atom is -0.481 e. The van der Waals surface area contributed by atoms with Crippen molar-refractivity contribution >= 4 is 17.8 Å². The SMILES string of the molecule is C1CCNC1.CC(=O)O.CN1CCCC1.CN1CCCC1.[3H]NC(C)=O.[3H]NC(C)=O.[3H][3H].[3H][3H]. The number of likely N-dealkylation sites (tertiary alicyclic amines) is 2. The van der Waals surface area contributed by atoms with Crippen LogP contribution in [0.15, 0.2) is 0 Å². The second-order valence-corrected chi connectivity index (χ2v) is 7.11. The molecule has 3 aliphatic rings. The predicted octanol–water partition coefficient (Wildman–Crippen LogP) is 1.36. The summed E-state index contributed by atoms with van der Waals surface area (Å²) in [5.74, 6) is -1.49. The van der Waals surface area contributed by atoms with E-state index in [-0.39, 0.29) is 11.8 Å². The van der Waals surface area contributed by atoms with Crippen LogP contribution in [0.4, 0.5) is 0 Å². The summed E-state index contributed by atoms with van der Waals surface area (Å²) >= 11 is 0. The Morgan fingerprint density at radius 2 is 1.07 bits per heavy atom. The average Bonchev–Trinajstić information content (AvgIpc) is 3.63. The zero-order valence-electron chi connectivity index (χ0n) is 25.1. The predicted molar refractivity (Wildman–Crippen MR) is 123 cm³/mol. The number of carbonyl (C=O) groups excluding carboxylic acids is 2. The van der Waals surface area contributed by atoms with Crippen LogP contribution in [0.1, 0.15) is 65.2 Å². The van der Waals surface area contributed by atoms with Gasteiger partial charge in [-0.2, -0.15) is 0 Å². The fourth-order valence-electron chi connectivity index (χ4n) is 2.38. The van der Waals surface area contributed by atoms with Crippen LogP contribution in [0.25, 0.3) is 0 Å². The highest BCUT2D eigenvalue weighted by Gasteiger charge is 2.03. The molecule has 178 valence electrons. The van der Waals surface area contributed by atoms with Crippen molar-refractivity contribution in [1.82, 2.24) is 15.1 Å². The Kier molecular flexibility index (Phi) is 19.8. The van der Waals surface area contributed by atoms with E-state index >= 15 is 0 Å². The van der Waals surface area contributed by atoms with Gasteiger partial charge in [0.1, 0.15) is 0 Å². The van der Waals surface area contributed by atoms with Crippen LogP contribution in [0, 0.1) is 0 Å². The van der Waals surface area contributed by atoms with Crippen LogP contribution in [-0.4, -0.2) is 86.1 Å². The van der Waals surface area contributed by atoms with Gasteiger partial charge in [-0.05, 0) is 91.9 Å². The smallest absolute Gasteiger partial charge is 0.300 e. The first kappa shape index (κ1) is 23.6. The van der Waals surface area contributed by atoms with E-state index in [9.17, 15) is 9.59 Å². The Bertz CT molecular complexity index is 403. The molecule has 0 saturated carbocycles. The lowest BCUT2D eigenvalue weighted by molar-refractivity contribution is -0.134. The third-order valence-corrected chi connectivity index (χ3v) is 3.62. The number of nitrogens with one attached hydrogen (secondary N) is 1. The molecule has 0 radical (unpaired) electrons. The molecular formula is C20H49N5O4. The second-order valence-electron chi connectivity index (χ2n) is 7.11. The third kappa shape index (κ3) is 51.9. The molecule has 0 unspecified atom stereocenters. The van der Waals surface area contributed by atoms with E-state index in [0.29, 0.717) is 0 Å². The maximum absolute atomic E-state index is 9.51. The molecule has 3 heterocycles. The lowest BCUT2D eigenvalue weighted by atomic mass is 10.4. The van der Waals surface area contributed by atoms with Crippen LogP contribution in [0.5, 0.6) is 0 Å². The maximum atomic E-state index is 9.51. The molecule has 0 aliphatic carbocycles. The van der Waals surface area contributed by atoms with Crippen molar-refractivity contribution in [3.63, 3.8) is 0 Å². The van der Waals surface area contributed by atoms with E-state index < -0.39 is 5.97 Å². The number of rotatable bonds is 0. The first-order valence-corrected chi connectivity index (χ1v) is 10.2. The fraction of sp³-hybridized carbons (Fsp3) is 0.850. The number of hydrogen-bond donors (Lipinski definition) is 4. The normalized spacial score (nSPS) is 18.5. The van der Waals surface area contributed by atoms with Crippen molar-refractivity contribution in [2.45, 2.75) is 59.3 Å². The molecule has 0 bridgehead atoms. The van der Waals surface area contributed by atoms with E-state index in [1.54, 1.807) is 11.5 Å². The molecule has 9 heteroatoms. The van der Waals surface area contributed by atoms with Gasteiger partial charge in [-0.15, -0.1) is 0 Å². The first-order valence-electron chi connectivity index (χ1n) is 13.2. The lowest BCUT2D eigenvalue weighted by Crippen LogP contribution is -2.10. The van der Waals surface area contributed by atoms with Gasteiger partial charge >= 0.3 is 0 Å². The summed E-state index contributed by atoms with van der Waals surface area (Å²) < 4.78 is 32.1. The van der Waals surface area contributed by atoms with Gasteiger partial charge in [0.25, 0.3) is 5.97 Å². The summed E-state index contributed by atoms with van der Waals surface area (Å²) in [6, 6.07) is 0. The molecule has 3 saturated heterocycles. The van der Waals surface area contributed by atoms with Gasteiger partial charge in [0.15, 0.2) is 2.82 Å². The summed E-state index contributed by atoms with van der Waals surface area (Å²) in [6.45, 7) is 11.4. The molecule has 2 amide bonds. The van der Waals surface area contributed by atoms with Gasteiger partial charge in [0.2, 0.25) is 11.8 Å². The molecule has 9 nitrogen and oxygen atoms in total. The molecule has 0 aromatic rings. The van der Waals surface area contributed by atoms with E-state index in [0.717, 1.165) is 6.92 Å². The van der Waals surface area contributed by atoms with Gasteiger partial charge in [0, 0.05) is 26.7 Å². The number of aliphatic carboxylic acids is 1. The standard InChI is InChI=1S/2C5H11N.C4H9N.2C2H5NO.C2H4O2.2H2/c2*1-6-4-2-3-5-6;1-2-4-5-3-1;3*1-2(3)4;;/h2*2-5H2,1H3;5H,1-4H2;2*1H3,(H2,3,4);1H3,(H,3,4);2*1H/i;;;;;;2*1+2T/hT2. The fourth-order valence-corrected chi connectivity index (χ4v) is 2.38. The van der Waals surface area contributed by atoms with Gasteiger partial charge in [-0.25, -0.2) is 0 Å². The van der Waals surface area contributed by atoms with E-state index in [2.05, 4.69) is 29.2 Å². The number of carboxylic acid groups (broad SMARTS) is 1. The monoisotopic (exact) mass is 435 g/mol. The Morgan fingerprint density at radius 3 is 1.14 bits per heavy atom. The van der Waals surface area contributed by atoms with Gasteiger partial charge in [0.05, 0.1) is 0 Å². The highest BCUT2D eigenvalue weighted by atomic mass is 16.4. The zero-order valence-corrected chi connectivity index (χ0v) is 19.1. The minimum absolute atomic E-state index is 0.329. The molecule has 3 rings (SSSR count). The largest absolute Gasteiger partial charge is 0.481 e. The van der Waals surface area contributed by atoms with Crippen molar-refractivity contribution in [1.29, 1.82) is 0 Å². The molecule has 3 aliphatic heterocycles. The Morgan fingerprint density at radius 1 is 0.828 bits per heavy atom. The summed E-state index contributed by atoms with van der Waals surface area (Å²) in [5.41, 5.74) is 3.28. The lowest BCUT2D eigenvalue weighted by Gasteiger charge is -2.01. The molecule has 6 N–H and O–H groups in total. The highest BCUT2D eigenvalue weighted by molar-refractivity contribution is 5.70. The van der Waals surface area contributed by atoms with Crippen LogP contribution in [-0.2, 0) is 14.4 Å².